The fourth-order valence-electron chi connectivity index (χ4n) is 2.80. The number of nitro groups is 1. The Bertz CT molecular complexity index is 1070. The number of halogens is 1. The van der Waals surface area contributed by atoms with Gasteiger partial charge < -0.3 is 19.9 Å². The van der Waals surface area contributed by atoms with Crippen molar-refractivity contribution < 1.29 is 28.7 Å². The van der Waals surface area contributed by atoms with Gasteiger partial charge in [0.25, 0.3) is 5.69 Å². The highest BCUT2D eigenvalue weighted by molar-refractivity contribution is 6.32. The molecular formula is C20H18ClN3O7. The van der Waals surface area contributed by atoms with Crippen LogP contribution in [0.5, 0.6) is 0 Å². The van der Waals surface area contributed by atoms with Gasteiger partial charge in [0.1, 0.15) is 35.6 Å². The zero-order valence-electron chi connectivity index (χ0n) is 16.6. The highest BCUT2D eigenvalue weighted by atomic mass is 35.5. The Labute approximate surface area is 182 Å². The lowest BCUT2D eigenvalue weighted by molar-refractivity contribution is -0.384. The van der Waals surface area contributed by atoms with Crippen molar-refractivity contribution >= 4 is 29.2 Å². The third kappa shape index (κ3) is 5.21. The molecule has 0 fully saturated rings. The van der Waals surface area contributed by atoms with E-state index in [9.17, 15) is 25.0 Å². The first kappa shape index (κ1) is 23.4. The van der Waals surface area contributed by atoms with Crippen molar-refractivity contribution in [2.45, 2.75) is 19.8 Å². The van der Waals surface area contributed by atoms with Crippen LogP contribution in [0.25, 0.3) is 0 Å². The van der Waals surface area contributed by atoms with Gasteiger partial charge in [0.2, 0.25) is 5.88 Å². The molecule has 2 rings (SSSR count). The second kappa shape index (κ2) is 9.77. The molecule has 1 aliphatic heterocycles. The minimum Gasteiger partial charge on any atom is -0.459 e. The highest BCUT2D eigenvalue weighted by Crippen LogP contribution is 2.41. The molecule has 1 aromatic rings. The average Bonchev–Trinajstić information content (AvgIpc) is 2.69. The summed E-state index contributed by atoms with van der Waals surface area (Å²) < 4.78 is 15.3. The van der Waals surface area contributed by atoms with Crippen LogP contribution in [-0.4, -0.2) is 30.1 Å². The third-order valence-corrected chi connectivity index (χ3v) is 4.53. The first-order valence-corrected chi connectivity index (χ1v) is 9.18. The van der Waals surface area contributed by atoms with Crippen LogP contribution in [0.1, 0.15) is 25.3 Å². The number of esters is 2. The SMILES string of the molecule is C=C(C)C(=O)OCCOC(=O)C1=C(C)OC(N)=C(C#N)[C@@H]1c1ccc([N+](=O)[O-])c(Cl)c1. The third-order valence-electron chi connectivity index (χ3n) is 4.23. The summed E-state index contributed by atoms with van der Waals surface area (Å²) in [6.45, 7) is 5.90. The van der Waals surface area contributed by atoms with Crippen LogP contribution >= 0.6 is 11.6 Å². The molecule has 0 bridgehead atoms. The number of nitriles is 1. The minimum atomic E-state index is -1.03. The lowest BCUT2D eigenvalue weighted by Crippen LogP contribution is -2.26. The summed E-state index contributed by atoms with van der Waals surface area (Å²) >= 11 is 6.00. The average molecular weight is 448 g/mol. The van der Waals surface area contributed by atoms with Gasteiger partial charge in [-0.25, -0.2) is 9.59 Å². The molecule has 0 aromatic heterocycles. The van der Waals surface area contributed by atoms with Crippen LogP contribution in [-0.2, 0) is 23.8 Å². The van der Waals surface area contributed by atoms with Crippen LogP contribution in [0.2, 0.25) is 5.02 Å². The van der Waals surface area contributed by atoms with E-state index in [1.807, 2.05) is 6.07 Å². The highest BCUT2D eigenvalue weighted by Gasteiger charge is 2.37. The fourth-order valence-corrected chi connectivity index (χ4v) is 3.06. The lowest BCUT2D eigenvalue weighted by Gasteiger charge is -2.27. The molecule has 1 heterocycles. The van der Waals surface area contributed by atoms with Crippen molar-refractivity contribution in [3.63, 3.8) is 0 Å². The number of allylic oxidation sites excluding steroid dienone is 2. The maximum atomic E-state index is 12.8. The Kier molecular flexibility index (Phi) is 7.39. The molecule has 10 nitrogen and oxygen atoms in total. The van der Waals surface area contributed by atoms with E-state index in [-0.39, 0.29) is 52.3 Å². The molecule has 0 radical (unpaired) electrons. The molecule has 0 amide bonds. The Hall–Kier alpha value is -3.84. The number of hydrogen-bond donors (Lipinski definition) is 1. The lowest BCUT2D eigenvalue weighted by atomic mass is 9.83. The number of benzene rings is 1. The van der Waals surface area contributed by atoms with Gasteiger partial charge in [-0.05, 0) is 25.5 Å². The van der Waals surface area contributed by atoms with E-state index < -0.39 is 22.8 Å². The molecule has 0 saturated heterocycles. The zero-order valence-corrected chi connectivity index (χ0v) is 17.4. The molecule has 0 saturated carbocycles. The molecular weight excluding hydrogens is 430 g/mol. The standard InChI is InChI=1S/C20H18ClN3O7/c1-10(2)19(25)29-6-7-30-20(26)16-11(3)31-18(23)13(9-22)17(16)12-4-5-15(24(27)28)14(21)8-12/h4-5,8,17H,1,6-7,23H2,2-3H3/t17-/m0/s1. The van der Waals surface area contributed by atoms with E-state index >= 15 is 0 Å². The van der Waals surface area contributed by atoms with Crippen molar-refractivity contribution in [1.82, 2.24) is 0 Å². The minimum absolute atomic E-state index is 0.0399. The van der Waals surface area contributed by atoms with Crippen LogP contribution in [0.3, 0.4) is 0 Å². The molecule has 11 heteroatoms. The quantitative estimate of drug-likeness (QED) is 0.218. The summed E-state index contributed by atoms with van der Waals surface area (Å²) in [7, 11) is 0. The first-order chi connectivity index (χ1) is 14.6. The topological polar surface area (TPSA) is 155 Å². The second-order valence-electron chi connectivity index (χ2n) is 6.41. The summed E-state index contributed by atoms with van der Waals surface area (Å²) in [6.07, 6.45) is 0. The van der Waals surface area contributed by atoms with E-state index in [1.165, 1.54) is 26.0 Å². The van der Waals surface area contributed by atoms with Gasteiger partial charge in [-0.2, -0.15) is 5.26 Å². The van der Waals surface area contributed by atoms with E-state index in [0.717, 1.165) is 6.07 Å². The normalized spacial score (nSPS) is 15.6. The maximum Gasteiger partial charge on any atom is 0.338 e. The number of nitro benzene ring substituents is 1. The van der Waals surface area contributed by atoms with Gasteiger partial charge >= 0.3 is 11.9 Å². The smallest absolute Gasteiger partial charge is 0.338 e. The molecule has 1 atom stereocenters. The van der Waals surface area contributed by atoms with Gasteiger partial charge in [0.05, 0.1) is 16.4 Å². The van der Waals surface area contributed by atoms with E-state index in [2.05, 4.69) is 6.58 Å². The zero-order chi connectivity index (χ0) is 23.3. The summed E-state index contributed by atoms with van der Waals surface area (Å²) in [4.78, 5) is 34.5. The number of ether oxygens (including phenoxy) is 3. The first-order valence-electron chi connectivity index (χ1n) is 8.80. The molecule has 1 aromatic carbocycles. The Morgan fingerprint density at radius 1 is 1.39 bits per heavy atom. The number of nitrogens with zero attached hydrogens (tertiary/aromatic N) is 2. The maximum absolute atomic E-state index is 12.8. The molecule has 31 heavy (non-hydrogen) atoms. The van der Waals surface area contributed by atoms with Crippen LogP contribution in [0.15, 0.2) is 53.1 Å². The number of carbonyl (C=O) groups excluding carboxylic acids is 2. The number of nitrogens with two attached hydrogens (primary N) is 1. The van der Waals surface area contributed by atoms with Crippen molar-refractivity contribution in [2.24, 2.45) is 5.73 Å². The van der Waals surface area contributed by atoms with Crippen molar-refractivity contribution in [2.75, 3.05) is 13.2 Å². The predicted octanol–water partition coefficient (Wildman–Crippen LogP) is 2.99. The molecule has 0 aliphatic carbocycles. The molecule has 162 valence electrons. The summed E-state index contributed by atoms with van der Waals surface area (Å²) in [5.41, 5.74) is 5.85. The van der Waals surface area contributed by atoms with Crippen LogP contribution in [0.4, 0.5) is 5.69 Å². The Morgan fingerprint density at radius 2 is 2.03 bits per heavy atom. The molecule has 1 aliphatic rings. The van der Waals surface area contributed by atoms with Crippen molar-refractivity contribution in [3.05, 3.63) is 73.8 Å². The van der Waals surface area contributed by atoms with Gasteiger partial charge in [0, 0.05) is 11.6 Å². The molecule has 0 spiro atoms. The van der Waals surface area contributed by atoms with Crippen molar-refractivity contribution in [3.8, 4) is 6.07 Å². The second-order valence-corrected chi connectivity index (χ2v) is 6.82. The number of carbonyl (C=O) groups is 2. The Balaban J connectivity index is 2.34. The van der Waals surface area contributed by atoms with E-state index in [0.29, 0.717) is 5.56 Å². The summed E-state index contributed by atoms with van der Waals surface area (Å²) in [6, 6.07) is 5.69. The molecule has 2 N–H and O–H groups in total. The van der Waals surface area contributed by atoms with Crippen LogP contribution < -0.4 is 5.73 Å². The monoisotopic (exact) mass is 447 g/mol. The predicted molar refractivity (Wildman–Crippen MR) is 108 cm³/mol. The fraction of sp³-hybridized carbons (Fsp3) is 0.250. The Morgan fingerprint density at radius 3 is 2.58 bits per heavy atom. The summed E-state index contributed by atoms with van der Waals surface area (Å²) in [5, 5.41) is 20.4. The van der Waals surface area contributed by atoms with Gasteiger partial charge in [-0.1, -0.05) is 24.2 Å². The largest absolute Gasteiger partial charge is 0.459 e. The van der Waals surface area contributed by atoms with E-state index in [1.54, 1.807) is 0 Å². The molecule has 0 unspecified atom stereocenters. The van der Waals surface area contributed by atoms with Gasteiger partial charge in [-0.3, -0.25) is 10.1 Å². The summed E-state index contributed by atoms with van der Waals surface area (Å²) in [5.74, 6) is -2.63. The van der Waals surface area contributed by atoms with Gasteiger partial charge in [-0.15, -0.1) is 0 Å². The number of hydrogen-bond acceptors (Lipinski definition) is 9. The van der Waals surface area contributed by atoms with Gasteiger partial charge in [0.15, 0.2) is 0 Å². The van der Waals surface area contributed by atoms with Crippen molar-refractivity contribution in [1.29, 1.82) is 5.26 Å². The van der Waals surface area contributed by atoms with E-state index in [4.69, 9.17) is 31.5 Å². The van der Waals surface area contributed by atoms with Crippen LogP contribution in [0, 0.1) is 21.4 Å². The number of rotatable bonds is 7.